The van der Waals surface area contributed by atoms with Gasteiger partial charge in [-0.25, -0.2) is 0 Å². The molecule has 1 aromatic rings. The second kappa shape index (κ2) is 12.1. The summed E-state index contributed by atoms with van der Waals surface area (Å²) in [6.45, 7) is 2.72. The van der Waals surface area contributed by atoms with Crippen molar-refractivity contribution in [3.63, 3.8) is 0 Å². The Balaban J connectivity index is 1.78. The fourth-order valence-corrected chi connectivity index (χ4v) is 4.01. The van der Waals surface area contributed by atoms with Gasteiger partial charge in [0.2, 0.25) is 0 Å². The van der Waals surface area contributed by atoms with Crippen molar-refractivity contribution in [3.05, 3.63) is 24.3 Å². The normalized spacial score (nSPS) is 19.6. The first kappa shape index (κ1) is 28.2. The fourth-order valence-electron chi connectivity index (χ4n) is 4.01. The molecule has 1 fully saturated rings. The summed E-state index contributed by atoms with van der Waals surface area (Å²) in [6, 6.07) is 6.27. The predicted octanol–water partition coefficient (Wildman–Crippen LogP) is 7.97. The van der Waals surface area contributed by atoms with Crippen molar-refractivity contribution in [2.75, 3.05) is 6.61 Å². The van der Waals surface area contributed by atoms with Crippen molar-refractivity contribution >= 4 is 5.97 Å². The standard InChI is InChI=1S/C24H31F7O3/c1-2-3-4-5-6-7-16-33-19-12-14-20(15-13-19)34-21(32)17-8-10-18(11-9-17)22(25,26)23(27,28)24(29,30)31/h12-15,17-18H,2-11,16H2,1H3. The molecule has 1 saturated carbocycles. The van der Waals surface area contributed by atoms with Crippen LogP contribution < -0.4 is 9.47 Å². The third-order valence-corrected chi connectivity index (χ3v) is 6.16. The first-order valence-corrected chi connectivity index (χ1v) is 11.7. The monoisotopic (exact) mass is 500 g/mol. The van der Waals surface area contributed by atoms with Crippen molar-refractivity contribution in [3.8, 4) is 11.5 Å². The van der Waals surface area contributed by atoms with E-state index >= 15 is 0 Å². The Bertz CT molecular complexity index is 755. The first-order valence-electron chi connectivity index (χ1n) is 11.7. The number of benzene rings is 1. The smallest absolute Gasteiger partial charge is 0.459 e. The molecule has 0 bridgehead atoms. The molecule has 1 aliphatic rings. The number of halogens is 7. The van der Waals surface area contributed by atoms with Crippen LogP contribution in [0.4, 0.5) is 30.7 Å². The van der Waals surface area contributed by atoms with Crippen LogP contribution in [0.25, 0.3) is 0 Å². The Hall–Kier alpha value is -2.00. The molecule has 1 aliphatic carbocycles. The van der Waals surface area contributed by atoms with Crippen LogP contribution in [0.1, 0.15) is 71.1 Å². The van der Waals surface area contributed by atoms with E-state index in [4.69, 9.17) is 9.47 Å². The van der Waals surface area contributed by atoms with Crippen molar-refractivity contribution in [2.24, 2.45) is 11.8 Å². The van der Waals surface area contributed by atoms with Gasteiger partial charge in [0, 0.05) is 5.92 Å². The van der Waals surface area contributed by atoms with E-state index in [1.807, 2.05) is 0 Å². The van der Waals surface area contributed by atoms with E-state index in [9.17, 15) is 35.5 Å². The van der Waals surface area contributed by atoms with Crippen LogP contribution >= 0.6 is 0 Å². The summed E-state index contributed by atoms with van der Waals surface area (Å²) in [7, 11) is 0. The molecule has 0 spiro atoms. The van der Waals surface area contributed by atoms with E-state index in [0.717, 1.165) is 19.3 Å². The van der Waals surface area contributed by atoms with Crippen molar-refractivity contribution in [1.29, 1.82) is 0 Å². The van der Waals surface area contributed by atoms with Gasteiger partial charge in [0.25, 0.3) is 0 Å². The topological polar surface area (TPSA) is 35.5 Å². The average molecular weight is 500 g/mol. The number of unbranched alkanes of at least 4 members (excludes halogenated alkanes) is 5. The average Bonchev–Trinajstić information content (AvgIpc) is 2.78. The molecule has 0 N–H and O–H groups in total. The minimum atomic E-state index is -6.35. The zero-order chi connectivity index (χ0) is 25.4. The van der Waals surface area contributed by atoms with Gasteiger partial charge in [-0.3, -0.25) is 4.79 Å². The highest BCUT2D eigenvalue weighted by Crippen LogP contribution is 2.53. The zero-order valence-electron chi connectivity index (χ0n) is 19.1. The molecular formula is C24H31F7O3. The van der Waals surface area contributed by atoms with Gasteiger partial charge < -0.3 is 9.47 Å². The Morgan fingerprint density at radius 2 is 1.35 bits per heavy atom. The largest absolute Gasteiger partial charge is 0.494 e. The van der Waals surface area contributed by atoms with Gasteiger partial charge in [0.05, 0.1) is 12.5 Å². The number of rotatable bonds is 12. The Morgan fingerprint density at radius 1 is 0.824 bits per heavy atom. The van der Waals surface area contributed by atoms with Crippen LogP contribution in [0.2, 0.25) is 0 Å². The predicted molar refractivity (Wildman–Crippen MR) is 112 cm³/mol. The number of ether oxygens (including phenoxy) is 2. The Kier molecular flexibility index (Phi) is 10.1. The molecule has 0 amide bonds. The lowest BCUT2D eigenvalue weighted by Gasteiger charge is -2.37. The number of hydrogen-bond acceptors (Lipinski definition) is 3. The second-order valence-electron chi connectivity index (χ2n) is 8.75. The summed E-state index contributed by atoms with van der Waals surface area (Å²) in [5, 5.41) is 0. The number of carbonyl (C=O) groups excluding carboxylic acids is 1. The SMILES string of the molecule is CCCCCCCCOc1ccc(OC(=O)C2CCC(C(F)(F)C(F)(F)C(F)(F)F)CC2)cc1. The van der Waals surface area contributed by atoms with E-state index in [0.29, 0.717) is 12.4 Å². The first-order chi connectivity index (χ1) is 15.9. The van der Waals surface area contributed by atoms with Gasteiger partial charge in [0.15, 0.2) is 0 Å². The highest BCUT2D eigenvalue weighted by atomic mass is 19.4. The summed E-state index contributed by atoms with van der Waals surface area (Å²) in [5.41, 5.74) is 0. The lowest BCUT2D eigenvalue weighted by atomic mass is 9.77. The van der Waals surface area contributed by atoms with E-state index in [1.54, 1.807) is 12.1 Å². The number of esters is 1. The van der Waals surface area contributed by atoms with Gasteiger partial charge >= 0.3 is 24.0 Å². The summed E-state index contributed by atoms with van der Waals surface area (Å²) in [5.74, 6) is -14.3. The molecule has 0 radical (unpaired) electrons. The molecule has 0 saturated heterocycles. The van der Waals surface area contributed by atoms with Gasteiger partial charge in [-0.15, -0.1) is 0 Å². The summed E-state index contributed by atoms with van der Waals surface area (Å²) in [6.07, 6.45) is -1.34. The molecular weight excluding hydrogens is 469 g/mol. The van der Waals surface area contributed by atoms with E-state index in [2.05, 4.69) is 6.92 Å². The van der Waals surface area contributed by atoms with Crippen LogP contribution in [-0.4, -0.2) is 30.6 Å². The number of hydrogen-bond donors (Lipinski definition) is 0. The number of alkyl halides is 7. The van der Waals surface area contributed by atoms with Crippen molar-refractivity contribution in [2.45, 2.75) is 89.2 Å². The third-order valence-electron chi connectivity index (χ3n) is 6.16. The van der Waals surface area contributed by atoms with Gasteiger partial charge in [-0.2, -0.15) is 30.7 Å². The van der Waals surface area contributed by atoms with E-state index in [1.165, 1.54) is 31.4 Å². The molecule has 2 rings (SSSR count). The highest BCUT2D eigenvalue weighted by Gasteiger charge is 2.74. The quantitative estimate of drug-likeness (QED) is 0.126. The maximum Gasteiger partial charge on any atom is 0.459 e. The van der Waals surface area contributed by atoms with Crippen LogP contribution in [0.15, 0.2) is 24.3 Å². The molecule has 0 unspecified atom stereocenters. The van der Waals surface area contributed by atoms with E-state index in [-0.39, 0.29) is 18.6 Å². The molecule has 0 atom stereocenters. The Labute approximate surface area is 195 Å². The Morgan fingerprint density at radius 3 is 1.91 bits per heavy atom. The van der Waals surface area contributed by atoms with Gasteiger partial charge in [-0.05, 0) is 56.4 Å². The van der Waals surface area contributed by atoms with Crippen LogP contribution in [0, 0.1) is 11.8 Å². The molecule has 0 aromatic heterocycles. The molecule has 10 heteroatoms. The minimum Gasteiger partial charge on any atom is -0.494 e. The molecule has 34 heavy (non-hydrogen) atoms. The maximum absolute atomic E-state index is 13.9. The van der Waals surface area contributed by atoms with Gasteiger partial charge in [0.1, 0.15) is 11.5 Å². The molecule has 194 valence electrons. The van der Waals surface area contributed by atoms with E-state index < -0.39 is 48.7 Å². The lowest BCUT2D eigenvalue weighted by Crippen LogP contribution is -2.56. The molecule has 0 aliphatic heterocycles. The van der Waals surface area contributed by atoms with Gasteiger partial charge in [-0.1, -0.05) is 39.0 Å². The summed E-state index contributed by atoms with van der Waals surface area (Å²) < 4.78 is 102. The summed E-state index contributed by atoms with van der Waals surface area (Å²) >= 11 is 0. The van der Waals surface area contributed by atoms with Crippen molar-refractivity contribution in [1.82, 2.24) is 0 Å². The second-order valence-corrected chi connectivity index (χ2v) is 8.75. The van der Waals surface area contributed by atoms with Crippen LogP contribution in [0.3, 0.4) is 0 Å². The van der Waals surface area contributed by atoms with Crippen LogP contribution in [0.5, 0.6) is 11.5 Å². The maximum atomic E-state index is 13.9. The highest BCUT2D eigenvalue weighted by molar-refractivity contribution is 5.75. The molecule has 0 heterocycles. The summed E-state index contributed by atoms with van der Waals surface area (Å²) in [4.78, 5) is 12.3. The molecule has 1 aromatic carbocycles. The number of carbonyl (C=O) groups is 1. The minimum absolute atomic E-state index is 0.202. The third kappa shape index (κ3) is 7.25. The fraction of sp³-hybridized carbons (Fsp3) is 0.708. The zero-order valence-corrected chi connectivity index (χ0v) is 19.1. The van der Waals surface area contributed by atoms with Crippen LogP contribution in [-0.2, 0) is 4.79 Å². The molecule has 3 nitrogen and oxygen atoms in total. The van der Waals surface area contributed by atoms with Crippen molar-refractivity contribution < 1.29 is 45.0 Å². The lowest BCUT2D eigenvalue weighted by molar-refractivity contribution is -0.367.